The quantitative estimate of drug-likeness (QED) is 0.633. The van der Waals surface area contributed by atoms with Gasteiger partial charge in [-0.3, -0.25) is 4.79 Å². The van der Waals surface area contributed by atoms with Gasteiger partial charge in [-0.15, -0.1) is 0 Å². The number of amides is 1. The lowest BCUT2D eigenvalue weighted by Gasteiger charge is -2.32. The molecule has 1 aromatic heterocycles. The number of benzene rings is 1. The molecule has 2 aliphatic rings. The van der Waals surface area contributed by atoms with Crippen molar-refractivity contribution >= 4 is 33.2 Å². The van der Waals surface area contributed by atoms with Crippen LogP contribution in [0.15, 0.2) is 18.2 Å². The topological polar surface area (TPSA) is 57.3 Å². The molecular formula is C24H36N4OS. The van der Waals surface area contributed by atoms with Crippen LogP contribution in [-0.4, -0.2) is 42.5 Å². The highest BCUT2D eigenvalue weighted by molar-refractivity contribution is 7.13. The lowest BCUT2D eigenvalue weighted by molar-refractivity contribution is 0.0906. The molecule has 3 atom stereocenters. The molecule has 2 N–H and O–H groups in total. The van der Waals surface area contributed by atoms with Crippen molar-refractivity contribution in [2.75, 3.05) is 31.1 Å². The molecule has 1 unspecified atom stereocenters. The second kappa shape index (κ2) is 10.1. The van der Waals surface area contributed by atoms with E-state index in [1.807, 2.05) is 0 Å². The first kappa shape index (κ1) is 21.6. The summed E-state index contributed by atoms with van der Waals surface area (Å²) in [6, 6.07) is 6.71. The molecule has 0 spiro atoms. The Hall–Kier alpha value is -1.66. The van der Waals surface area contributed by atoms with Gasteiger partial charge >= 0.3 is 0 Å². The van der Waals surface area contributed by atoms with E-state index < -0.39 is 0 Å². The fourth-order valence-corrected chi connectivity index (χ4v) is 5.92. The summed E-state index contributed by atoms with van der Waals surface area (Å²) < 4.78 is 5.66. The summed E-state index contributed by atoms with van der Waals surface area (Å²) in [6.45, 7) is 8.70. The van der Waals surface area contributed by atoms with Crippen molar-refractivity contribution in [2.45, 2.75) is 64.8 Å². The molecule has 2 aromatic rings. The number of fused-ring (bicyclic) bond motifs is 1. The molecule has 2 saturated heterocycles. The van der Waals surface area contributed by atoms with Gasteiger partial charge in [-0.25, -0.2) is 0 Å². The Kier molecular flexibility index (Phi) is 7.26. The highest BCUT2D eigenvalue weighted by Crippen LogP contribution is 2.32. The molecule has 30 heavy (non-hydrogen) atoms. The van der Waals surface area contributed by atoms with Crippen LogP contribution in [0.2, 0.25) is 0 Å². The van der Waals surface area contributed by atoms with Gasteiger partial charge in [-0.05, 0) is 73.8 Å². The van der Waals surface area contributed by atoms with E-state index >= 15 is 0 Å². The van der Waals surface area contributed by atoms with Gasteiger partial charge in [0.15, 0.2) is 0 Å². The number of piperidine rings is 1. The number of hydrogen-bond acceptors (Lipinski definition) is 5. The maximum Gasteiger partial charge on any atom is 0.271 e. The summed E-state index contributed by atoms with van der Waals surface area (Å²) in [5, 5.41) is 7.69. The summed E-state index contributed by atoms with van der Waals surface area (Å²) in [4.78, 5) is 15.5. The third-order valence-corrected chi connectivity index (χ3v) is 7.70. The van der Waals surface area contributed by atoms with Gasteiger partial charge in [-0.2, -0.15) is 4.37 Å². The van der Waals surface area contributed by atoms with Crippen molar-refractivity contribution in [1.29, 1.82) is 0 Å². The second-order valence-corrected chi connectivity index (χ2v) is 9.88. The molecular weight excluding hydrogens is 392 g/mol. The Labute approximate surface area is 184 Å². The summed E-state index contributed by atoms with van der Waals surface area (Å²) >= 11 is 1.45. The molecule has 3 heterocycles. The fourth-order valence-electron chi connectivity index (χ4n) is 5.12. The Balaban J connectivity index is 1.44. The Morgan fingerprint density at radius 2 is 2.17 bits per heavy atom. The highest BCUT2D eigenvalue weighted by Gasteiger charge is 2.28. The van der Waals surface area contributed by atoms with Crippen molar-refractivity contribution in [2.24, 2.45) is 11.8 Å². The van der Waals surface area contributed by atoms with Gasteiger partial charge < -0.3 is 15.5 Å². The third-order valence-electron chi connectivity index (χ3n) is 6.89. The molecule has 0 aliphatic carbocycles. The molecule has 0 bridgehead atoms. The van der Waals surface area contributed by atoms with E-state index in [4.69, 9.17) is 0 Å². The zero-order chi connectivity index (χ0) is 20.9. The average Bonchev–Trinajstić information content (AvgIpc) is 3.40. The summed E-state index contributed by atoms with van der Waals surface area (Å²) in [6.07, 6.45) is 8.72. The number of hydrogen-bond donors (Lipinski definition) is 2. The minimum Gasteiger partial charge on any atom is -0.371 e. The third kappa shape index (κ3) is 4.80. The van der Waals surface area contributed by atoms with E-state index in [9.17, 15) is 4.79 Å². The van der Waals surface area contributed by atoms with E-state index in [0.717, 1.165) is 55.0 Å². The Bertz CT molecular complexity index is 849. The SMILES string of the molecule is CCCCC1CCN(c2ccc3c(C(=O)N[C@@H]4CNCC[C@@H]4CCC)nsc3c2)C1. The van der Waals surface area contributed by atoms with Crippen molar-refractivity contribution in [3.8, 4) is 0 Å². The lowest BCUT2D eigenvalue weighted by Crippen LogP contribution is -2.51. The van der Waals surface area contributed by atoms with Crippen LogP contribution in [0, 0.1) is 11.8 Å². The van der Waals surface area contributed by atoms with Crippen molar-refractivity contribution < 1.29 is 4.79 Å². The maximum absolute atomic E-state index is 13.0. The minimum absolute atomic E-state index is 0.0235. The van der Waals surface area contributed by atoms with E-state index in [-0.39, 0.29) is 11.9 Å². The van der Waals surface area contributed by atoms with E-state index in [1.165, 1.54) is 49.3 Å². The molecule has 0 radical (unpaired) electrons. The zero-order valence-corrected chi connectivity index (χ0v) is 19.3. The largest absolute Gasteiger partial charge is 0.371 e. The summed E-state index contributed by atoms with van der Waals surface area (Å²) in [5.74, 6) is 1.36. The number of anilines is 1. The van der Waals surface area contributed by atoms with E-state index in [0.29, 0.717) is 11.6 Å². The molecule has 1 amide bonds. The number of aromatic nitrogens is 1. The lowest BCUT2D eigenvalue weighted by atomic mass is 9.88. The van der Waals surface area contributed by atoms with Crippen LogP contribution < -0.4 is 15.5 Å². The number of nitrogens with one attached hydrogen (secondary N) is 2. The number of nitrogens with zero attached hydrogens (tertiary/aromatic N) is 2. The van der Waals surface area contributed by atoms with Gasteiger partial charge in [0.1, 0.15) is 5.69 Å². The van der Waals surface area contributed by atoms with Crippen LogP contribution in [0.1, 0.15) is 69.3 Å². The van der Waals surface area contributed by atoms with Gasteiger partial charge in [0.05, 0.1) is 4.70 Å². The van der Waals surface area contributed by atoms with Crippen LogP contribution >= 0.6 is 11.5 Å². The number of unbranched alkanes of at least 4 members (excludes halogenated alkanes) is 1. The van der Waals surface area contributed by atoms with Gasteiger partial charge in [-0.1, -0.05) is 33.1 Å². The predicted octanol–water partition coefficient (Wildman–Crippen LogP) is 4.82. The van der Waals surface area contributed by atoms with Gasteiger partial charge in [0.25, 0.3) is 5.91 Å². The maximum atomic E-state index is 13.0. The molecule has 1 aromatic carbocycles. The van der Waals surface area contributed by atoms with Crippen molar-refractivity contribution in [3.63, 3.8) is 0 Å². The Morgan fingerprint density at radius 3 is 3.00 bits per heavy atom. The van der Waals surface area contributed by atoms with Crippen LogP contribution in [0.4, 0.5) is 5.69 Å². The van der Waals surface area contributed by atoms with Crippen molar-refractivity contribution in [3.05, 3.63) is 23.9 Å². The number of carbonyl (C=O) groups excluding carboxylic acids is 1. The molecule has 4 rings (SSSR count). The molecule has 6 heteroatoms. The normalized spacial score (nSPS) is 24.5. The standard InChI is InChI=1S/C24H36N4OS/c1-3-5-7-17-11-13-28(16-17)19-8-9-20-22(14-19)30-27-23(20)24(29)26-21-15-25-12-10-18(21)6-4-2/h8-9,14,17-18,21,25H,3-7,10-13,15-16H2,1-2H3,(H,26,29)/t17?,18-,21+/m0/s1. The van der Waals surface area contributed by atoms with Crippen LogP contribution in [0.25, 0.3) is 10.1 Å². The smallest absolute Gasteiger partial charge is 0.271 e. The number of carbonyl (C=O) groups is 1. The number of rotatable bonds is 8. The monoisotopic (exact) mass is 428 g/mol. The zero-order valence-electron chi connectivity index (χ0n) is 18.5. The van der Waals surface area contributed by atoms with Crippen LogP contribution in [0.5, 0.6) is 0 Å². The molecule has 0 saturated carbocycles. The molecule has 2 aliphatic heterocycles. The summed E-state index contributed by atoms with van der Waals surface area (Å²) in [5.41, 5.74) is 1.86. The fraction of sp³-hybridized carbons (Fsp3) is 0.667. The second-order valence-electron chi connectivity index (χ2n) is 9.08. The Morgan fingerprint density at radius 1 is 1.27 bits per heavy atom. The van der Waals surface area contributed by atoms with Gasteiger partial charge in [0, 0.05) is 36.7 Å². The van der Waals surface area contributed by atoms with Gasteiger partial charge in [0.2, 0.25) is 0 Å². The van der Waals surface area contributed by atoms with Crippen molar-refractivity contribution in [1.82, 2.24) is 15.0 Å². The minimum atomic E-state index is -0.0235. The first-order chi connectivity index (χ1) is 14.7. The first-order valence-electron chi connectivity index (χ1n) is 11.9. The molecule has 5 nitrogen and oxygen atoms in total. The first-order valence-corrected chi connectivity index (χ1v) is 12.6. The summed E-state index contributed by atoms with van der Waals surface area (Å²) in [7, 11) is 0. The highest BCUT2D eigenvalue weighted by atomic mass is 32.1. The van der Waals surface area contributed by atoms with E-state index in [1.54, 1.807) is 0 Å². The average molecular weight is 429 g/mol. The van der Waals surface area contributed by atoms with Crippen LogP contribution in [-0.2, 0) is 0 Å². The van der Waals surface area contributed by atoms with E-state index in [2.05, 4.69) is 52.0 Å². The van der Waals surface area contributed by atoms with Crippen LogP contribution in [0.3, 0.4) is 0 Å². The predicted molar refractivity (Wildman–Crippen MR) is 127 cm³/mol. The molecule has 2 fully saturated rings. The molecule has 164 valence electrons.